The van der Waals surface area contributed by atoms with E-state index in [1.54, 1.807) is 12.1 Å². The van der Waals surface area contributed by atoms with E-state index in [2.05, 4.69) is 27.9 Å². The highest BCUT2D eigenvalue weighted by molar-refractivity contribution is 7.99. The van der Waals surface area contributed by atoms with Gasteiger partial charge in [0.2, 0.25) is 0 Å². The first kappa shape index (κ1) is 17.1. The summed E-state index contributed by atoms with van der Waals surface area (Å²) in [5.74, 6) is -0.232. The highest BCUT2D eigenvalue weighted by Gasteiger charge is 2.34. The lowest BCUT2D eigenvalue weighted by Gasteiger charge is -2.33. The van der Waals surface area contributed by atoms with Gasteiger partial charge in [-0.05, 0) is 11.7 Å². The van der Waals surface area contributed by atoms with Crippen molar-refractivity contribution in [3.63, 3.8) is 0 Å². The van der Waals surface area contributed by atoms with Gasteiger partial charge in [0.15, 0.2) is 0 Å². The summed E-state index contributed by atoms with van der Waals surface area (Å²) in [4.78, 5) is 30.9. The van der Waals surface area contributed by atoms with Crippen LogP contribution in [0.15, 0.2) is 40.2 Å². The highest BCUT2D eigenvalue weighted by Crippen LogP contribution is 2.35. The SMILES string of the molecule is CC1CS[C@H](c2[nH]c(=O)c(-c3ccccc3)nc2S)NC1C(=O)O. The fraction of sp³-hybridized carbons (Fsp3) is 0.312. The molecule has 3 rings (SSSR count). The van der Waals surface area contributed by atoms with Gasteiger partial charge in [0, 0.05) is 5.56 Å². The number of H-pyrrole nitrogens is 1. The van der Waals surface area contributed by atoms with E-state index in [4.69, 9.17) is 0 Å². The maximum atomic E-state index is 12.4. The van der Waals surface area contributed by atoms with Gasteiger partial charge in [0.1, 0.15) is 16.8 Å². The molecule has 1 saturated heterocycles. The second-order valence-electron chi connectivity index (χ2n) is 5.69. The molecule has 0 radical (unpaired) electrons. The average molecular weight is 363 g/mol. The van der Waals surface area contributed by atoms with Gasteiger partial charge in [0.05, 0.1) is 11.1 Å². The van der Waals surface area contributed by atoms with Crippen LogP contribution in [0, 0.1) is 5.92 Å². The zero-order chi connectivity index (χ0) is 17.3. The van der Waals surface area contributed by atoms with E-state index in [1.165, 1.54) is 11.8 Å². The molecule has 3 atom stereocenters. The first-order valence-corrected chi connectivity index (χ1v) is 8.96. The summed E-state index contributed by atoms with van der Waals surface area (Å²) in [5, 5.41) is 12.4. The lowest BCUT2D eigenvalue weighted by molar-refractivity contribution is -0.140. The Balaban J connectivity index is 1.94. The van der Waals surface area contributed by atoms with Gasteiger partial charge >= 0.3 is 5.97 Å². The van der Waals surface area contributed by atoms with Crippen LogP contribution in [-0.4, -0.2) is 32.8 Å². The van der Waals surface area contributed by atoms with Crippen LogP contribution >= 0.6 is 24.4 Å². The molecule has 2 heterocycles. The van der Waals surface area contributed by atoms with E-state index in [9.17, 15) is 14.7 Å². The minimum atomic E-state index is -0.898. The number of carboxylic acid groups (broad SMARTS) is 1. The molecule has 3 N–H and O–H groups in total. The number of aromatic nitrogens is 2. The summed E-state index contributed by atoms with van der Waals surface area (Å²) >= 11 is 5.93. The van der Waals surface area contributed by atoms with Gasteiger partial charge in [-0.3, -0.25) is 14.9 Å². The fourth-order valence-electron chi connectivity index (χ4n) is 2.63. The quantitative estimate of drug-likeness (QED) is 0.624. The van der Waals surface area contributed by atoms with Crippen molar-refractivity contribution in [3.8, 4) is 11.3 Å². The van der Waals surface area contributed by atoms with Crippen molar-refractivity contribution in [2.24, 2.45) is 5.92 Å². The number of hydrogen-bond donors (Lipinski definition) is 4. The van der Waals surface area contributed by atoms with Crippen molar-refractivity contribution in [2.75, 3.05) is 5.75 Å². The van der Waals surface area contributed by atoms with E-state index in [-0.39, 0.29) is 16.9 Å². The lowest BCUT2D eigenvalue weighted by Crippen LogP contribution is -2.47. The van der Waals surface area contributed by atoms with Crippen LogP contribution in [0.3, 0.4) is 0 Å². The first-order valence-electron chi connectivity index (χ1n) is 7.46. The first-order chi connectivity index (χ1) is 11.5. The summed E-state index contributed by atoms with van der Waals surface area (Å²) in [6.07, 6.45) is 0. The van der Waals surface area contributed by atoms with Crippen molar-refractivity contribution < 1.29 is 9.90 Å². The molecule has 24 heavy (non-hydrogen) atoms. The van der Waals surface area contributed by atoms with Gasteiger partial charge in [-0.25, -0.2) is 4.98 Å². The van der Waals surface area contributed by atoms with Crippen LogP contribution in [0.2, 0.25) is 0 Å². The third-order valence-electron chi connectivity index (χ3n) is 3.92. The van der Waals surface area contributed by atoms with Gasteiger partial charge in [-0.2, -0.15) is 0 Å². The molecule has 1 aliphatic rings. The smallest absolute Gasteiger partial charge is 0.321 e. The summed E-state index contributed by atoms with van der Waals surface area (Å²) in [5.41, 5.74) is 1.20. The number of thioether (sulfide) groups is 1. The molecule has 1 aromatic heterocycles. The van der Waals surface area contributed by atoms with Crippen LogP contribution in [0.5, 0.6) is 0 Å². The van der Waals surface area contributed by atoms with Crippen molar-refractivity contribution in [2.45, 2.75) is 23.4 Å². The van der Waals surface area contributed by atoms with Crippen molar-refractivity contribution >= 4 is 30.4 Å². The third-order valence-corrected chi connectivity index (χ3v) is 5.69. The monoisotopic (exact) mass is 363 g/mol. The topological polar surface area (TPSA) is 95.1 Å². The second-order valence-corrected chi connectivity index (χ2v) is 7.25. The average Bonchev–Trinajstić information content (AvgIpc) is 2.57. The number of aliphatic carboxylic acids is 1. The number of carbonyl (C=O) groups is 1. The van der Waals surface area contributed by atoms with Gasteiger partial charge in [-0.15, -0.1) is 24.4 Å². The Hall–Kier alpha value is -1.77. The number of carboxylic acids is 1. The van der Waals surface area contributed by atoms with Crippen LogP contribution < -0.4 is 10.9 Å². The Bertz CT molecular complexity index is 810. The Labute approximate surface area is 148 Å². The lowest BCUT2D eigenvalue weighted by atomic mass is 10.0. The number of rotatable bonds is 3. The second kappa shape index (κ2) is 7.00. The Morgan fingerprint density at radius 2 is 2.08 bits per heavy atom. The van der Waals surface area contributed by atoms with Gasteiger partial charge in [-0.1, -0.05) is 37.3 Å². The molecule has 1 aliphatic heterocycles. The normalized spacial score (nSPS) is 23.8. The number of aromatic amines is 1. The zero-order valence-corrected chi connectivity index (χ0v) is 14.6. The number of thiol groups is 1. The molecule has 0 saturated carbocycles. The summed E-state index contributed by atoms with van der Waals surface area (Å²) in [7, 11) is 0. The van der Waals surface area contributed by atoms with Gasteiger partial charge in [0.25, 0.3) is 5.56 Å². The van der Waals surface area contributed by atoms with Crippen LogP contribution in [-0.2, 0) is 4.79 Å². The summed E-state index contributed by atoms with van der Waals surface area (Å²) < 4.78 is 0. The molecular formula is C16H17N3O3S2. The Kier molecular flexibility index (Phi) is 4.98. The number of nitrogens with one attached hydrogen (secondary N) is 2. The summed E-state index contributed by atoms with van der Waals surface area (Å²) in [6, 6.07) is 8.48. The molecule has 6 nitrogen and oxygen atoms in total. The Morgan fingerprint density at radius 3 is 2.75 bits per heavy atom. The Morgan fingerprint density at radius 1 is 1.38 bits per heavy atom. The van der Waals surface area contributed by atoms with E-state index >= 15 is 0 Å². The van der Waals surface area contributed by atoms with Crippen molar-refractivity contribution in [3.05, 3.63) is 46.4 Å². The molecular weight excluding hydrogens is 346 g/mol. The van der Waals surface area contributed by atoms with Crippen LogP contribution in [0.25, 0.3) is 11.3 Å². The third kappa shape index (κ3) is 3.35. The number of benzene rings is 1. The maximum absolute atomic E-state index is 12.4. The zero-order valence-electron chi connectivity index (χ0n) is 12.9. The van der Waals surface area contributed by atoms with Crippen LogP contribution in [0.4, 0.5) is 0 Å². The number of hydrogen-bond acceptors (Lipinski definition) is 6. The molecule has 1 fully saturated rings. The van der Waals surface area contributed by atoms with Crippen molar-refractivity contribution in [1.82, 2.24) is 15.3 Å². The summed E-state index contributed by atoms with van der Waals surface area (Å²) in [6.45, 7) is 1.89. The molecule has 1 aromatic carbocycles. The molecule has 0 aliphatic carbocycles. The maximum Gasteiger partial charge on any atom is 0.321 e. The molecule has 2 aromatic rings. The largest absolute Gasteiger partial charge is 0.480 e. The van der Waals surface area contributed by atoms with E-state index in [0.717, 1.165) is 0 Å². The highest BCUT2D eigenvalue weighted by atomic mass is 32.2. The van der Waals surface area contributed by atoms with Crippen LogP contribution in [0.1, 0.15) is 18.0 Å². The van der Waals surface area contributed by atoms with E-state index in [0.29, 0.717) is 27.7 Å². The van der Waals surface area contributed by atoms with Gasteiger partial charge < -0.3 is 10.1 Å². The molecule has 126 valence electrons. The fourth-order valence-corrected chi connectivity index (χ4v) is 4.27. The molecule has 0 spiro atoms. The van der Waals surface area contributed by atoms with E-state index < -0.39 is 12.0 Å². The molecule has 0 amide bonds. The molecule has 0 bridgehead atoms. The minimum absolute atomic E-state index is 0.00427. The standard InChI is InChI=1S/C16H17N3O3S2/c1-8-7-24-15(19-10(8)16(21)22)12-14(23)18-11(13(20)17-12)9-5-3-2-4-6-9/h2-6,8,10,15,19H,7H2,1H3,(H,17,20)(H,18,23)(H,21,22)/t8?,10?,15-/m1/s1. The van der Waals surface area contributed by atoms with Crippen molar-refractivity contribution in [1.29, 1.82) is 0 Å². The molecule has 8 heteroatoms. The molecule has 2 unspecified atom stereocenters. The van der Waals surface area contributed by atoms with E-state index in [1.807, 2.05) is 25.1 Å². The number of nitrogens with zero attached hydrogens (tertiary/aromatic N) is 1. The minimum Gasteiger partial charge on any atom is -0.480 e. The predicted molar refractivity (Wildman–Crippen MR) is 96.5 cm³/mol. The predicted octanol–water partition coefficient (Wildman–Crippen LogP) is 2.15.